The Balaban J connectivity index is 1.28. The lowest BCUT2D eigenvalue weighted by atomic mass is 9.94. The predicted molar refractivity (Wildman–Crippen MR) is 193 cm³/mol. The first-order valence-electron chi connectivity index (χ1n) is 17.4. The fourth-order valence-corrected chi connectivity index (χ4v) is 6.76. The van der Waals surface area contributed by atoms with Gasteiger partial charge in [-0.25, -0.2) is 0 Å². The number of nitrogens with two attached hydrogens (primary N) is 1. The molecule has 4 amide bonds. The maximum Gasteiger partial charge on any atom is 0.251 e. The van der Waals surface area contributed by atoms with Crippen LogP contribution in [-0.4, -0.2) is 60.3 Å². The predicted octanol–water partition coefficient (Wildman–Crippen LogP) is 4.67. The van der Waals surface area contributed by atoms with E-state index in [0.717, 1.165) is 52.5 Å². The molecule has 6 rings (SSSR count). The highest BCUT2D eigenvalue weighted by Crippen LogP contribution is 2.24. The van der Waals surface area contributed by atoms with Crippen LogP contribution in [0.5, 0.6) is 5.75 Å². The summed E-state index contributed by atoms with van der Waals surface area (Å²) >= 11 is 0. The van der Waals surface area contributed by atoms with E-state index < -0.39 is 23.9 Å². The van der Waals surface area contributed by atoms with Gasteiger partial charge in [-0.05, 0) is 109 Å². The second kappa shape index (κ2) is 15.9. The van der Waals surface area contributed by atoms with Crippen LogP contribution in [0.2, 0.25) is 0 Å². The molecule has 0 radical (unpaired) electrons. The molecule has 0 saturated carbocycles. The van der Waals surface area contributed by atoms with Crippen LogP contribution in [-0.2, 0) is 27.3 Å². The Labute approximate surface area is 292 Å². The first-order chi connectivity index (χ1) is 24.2. The fourth-order valence-electron chi connectivity index (χ4n) is 6.76. The Morgan fingerprint density at radius 3 is 2.58 bits per heavy atom. The number of carbonyl (C=O) groups is 4. The summed E-state index contributed by atoms with van der Waals surface area (Å²) in [5.41, 5.74) is 9.84. The lowest BCUT2D eigenvalue weighted by molar-refractivity contribution is -0.137. The maximum absolute atomic E-state index is 14.1. The Bertz CT molecular complexity index is 1860. The van der Waals surface area contributed by atoms with Crippen LogP contribution in [0, 0.1) is 12.8 Å². The minimum Gasteiger partial charge on any atom is -0.494 e. The molecule has 260 valence electrons. The van der Waals surface area contributed by atoms with E-state index in [4.69, 9.17) is 10.5 Å². The van der Waals surface area contributed by atoms with Crippen molar-refractivity contribution < 1.29 is 23.9 Å². The number of aryl methyl sites for hydroxylation is 2. The molecular formula is C40H45N5O5. The van der Waals surface area contributed by atoms with Crippen molar-refractivity contribution in [3.8, 4) is 5.75 Å². The summed E-state index contributed by atoms with van der Waals surface area (Å²) in [6.07, 6.45) is 3.23. The molecule has 4 bridgehead atoms. The fraction of sp³-hybridized carbons (Fsp3) is 0.350. The number of amides is 4. The van der Waals surface area contributed by atoms with E-state index in [2.05, 4.69) is 16.0 Å². The average Bonchev–Trinajstić information content (AvgIpc) is 3.12. The molecule has 0 spiro atoms. The van der Waals surface area contributed by atoms with Crippen molar-refractivity contribution in [2.45, 2.75) is 64.1 Å². The first-order valence-corrected chi connectivity index (χ1v) is 17.4. The standard InChI is InChI=1S/C40H45N5O5/c1-26-9-15-34-22-32(26)24-42-39(48)35(16-10-27-6-3-2-4-7-27)43-40(49)36(23-37(46)45-18-5-8-28(25-45)17-19-50-34)44-38(47)31-12-11-30-21-33(41)14-13-29(30)20-31/h2-4,6-7,9,11-15,20-22,28,35-36H,5,8,10,16-19,23-25,41H2,1H3,(H,42,48)(H,43,49)(H,44,47)/t28?,35-,36-/m0/s1. The van der Waals surface area contributed by atoms with E-state index >= 15 is 0 Å². The average molecular weight is 676 g/mol. The van der Waals surface area contributed by atoms with Gasteiger partial charge in [0.05, 0.1) is 13.0 Å². The second-order valence-electron chi connectivity index (χ2n) is 13.4. The molecule has 10 heteroatoms. The van der Waals surface area contributed by atoms with Crippen LogP contribution in [0.25, 0.3) is 10.8 Å². The zero-order valence-electron chi connectivity index (χ0n) is 28.5. The number of hydrogen-bond donors (Lipinski definition) is 4. The zero-order valence-corrected chi connectivity index (χ0v) is 28.5. The number of anilines is 1. The van der Waals surface area contributed by atoms with Crippen molar-refractivity contribution in [1.82, 2.24) is 20.9 Å². The van der Waals surface area contributed by atoms with Gasteiger partial charge in [-0.3, -0.25) is 19.2 Å². The molecule has 10 nitrogen and oxygen atoms in total. The van der Waals surface area contributed by atoms with Crippen LogP contribution in [0.4, 0.5) is 5.69 Å². The SMILES string of the molecule is Cc1ccc2cc1CNC(=O)[C@H](CCc1ccccc1)NC(=O)[C@@H](NC(=O)c1ccc3cc(N)ccc3c1)CC(=O)N1CCCC(CCO2)C1. The van der Waals surface area contributed by atoms with Crippen molar-refractivity contribution in [2.75, 3.05) is 25.4 Å². The van der Waals surface area contributed by atoms with Gasteiger partial charge >= 0.3 is 0 Å². The topological polar surface area (TPSA) is 143 Å². The van der Waals surface area contributed by atoms with Gasteiger partial charge < -0.3 is 31.3 Å². The van der Waals surface area contributed by atoms with Gasteiger partial charge in [-0.2, -0.15) is 0 Å². The lowest BCUT2D eigenvalue weighted by Crippen LogP contribution is -2.55. The van der Waals surface area contributed by atoms with E-state index in [0.29, 0.717) is 43.8 Å². The smallest absolute Gasteiger partial charge is 0.251 e. The van der Waals surface area contributed by atoms with Crippen LogP contribution in [0.1, 0.15) is 59.2 Å². The van der Waals surface area contributed by atoms with E-state index in [1.165, 1.54) is 0 Å². The van der Waals surface area contributed by atoms with Gasteiger partial charge in [0.15, 0.2) is 0 Å². The minimum absolute atomic E-state index is 0.223. The third-order valence-electron chi connectivity index (χ3n) is 9.76. The lowest BCUT2D eigenvalue weighted by Gasteiger charge is -2.34. The molecule has 2 aliphatic heterocycles. The summed E-state index contributed by atoms with van der Waals surface area (Å²) in [4.78, 5) is 57.1. The molecule has 2 aliphatic rings. The number of ether oxygens (including phenoxy) is 1. The molecular weight excluding hydrogens is 630 g/mol. The number of piperidine rings is 1. The minimum atomic E-state index is -1.20. The van der Waals surface area contributed by atoms with E-state index in [9.17, 15) is 19.2 Å². The van der Waals surface area contributed by atoms with Crippen molar-refractivity contribution in [3.05, 3.63) is 107 Å². The third-order valence-corrected chi connectivity index (χ3v) is 9.76. The summed E-state index contributed by atoms with van der Waals surface area (Å²) in [7, 11) is 0. The molecule has 0 aliphatic carbocycles. The van der Waals surface area contributed by atoms with Crippen LogP contribution in [0.15, 0.2) is 84.9 Å². The van der Waals surface area contributed by atoms with E-state index in [-0.39, 0.29) is 30.7 Å². The number of hydrogen-bond acceptors (Lipinski definition) is 6. The molecule has 2 heterocycles. The largest absolute Gasteiger partial charge is 0.494 e. The molecule has 50 heavy (non-hydrogen) atoms. The number of nitrogens with zero attached hydrogens (tertiary/aromatic N) is 1. The van der Waals surface area contributed by atoms with Gasteiger partial charge in [-0.1, -0.05) is 48.5 Å². The maximum atomic E-state index is 14.1. The number of fused-ring (bicyclic) bond motifs is 5. The van der Waals surface area contributed by atoms with Gasteiger partial charge in [0.2, 0.25) is 17.7 Å². The quantitative estimate of drug-likeness (QED) is 0.227. The summed E-state index contributed by atoms with van der Waals surface area (Å²) in [5.74, 6) is -0.674. The Kier molecular flexibility index (Phi) is 11.0. The molecule has 3 atom stereocenters. The zero-order chi connectivity index (χ0) is 35.0. The summed E-state index contributed by atoms with van der Waals surface area (Å²) in [5, 5.41) is 10.4. The van der Waals surface area contributed by atoms with E-state index in [1.54, 1.807) is 29.2 Å². The van der Waals surface area contributed by atoms with Crippen LogP contribution < -0.4 is 26.4 Å². The number of rotatable bonds is 5. The van der Waals surface area contributed by atoms with Gasteiger partial charge in [0, 0.05) is 30.9 Å². The van der Waals surface area contributed by atoms with E-state index in [1.807, 2.05) is 67.6 Å². The molecule has 1 saturated heterocycles. The molecule has 1 fully saturated rings. The Morgan fingerprint density at radius 2 is 1.74 bits per heavy atom. The van der Waals surface area contributed by atoms with Gasteiger partial charge in [0.1, 0.15) is 17.8 Å². The Hall–Kier alpha value is -5.38. The van der Waals surface area contributed by atoms with Crippen molar-refractivity contribution in [1.29, 1.82) is 0 Å². The van der Waals surface area contributed by atoms with Crippen molar-refractivity contribution in [2.24, 2.45) is 5.92 Å². The third kappa shape index (κ3) is 8.80. The highest BCUT2D eigenvalue weighted by Gasteiger charge is 2.32. The van der Waals surface area contributed by atoms with Gasteiger partial charge in [0.25, 0.3) is 5.91 Å². The highest BCUT2D eigenvalue weighted by atomic mass is 16.5. The summed E-state index contributed by atoms with van der Waals surface area (Å²) in [6.45, 7) is 3.87. The molecule has 4 aromatic carbocycles. The highest BCUT2D eigenvalue weighted by molar-refractivity contribution is 6.02. The number of nitrogens with one attached hydrogen (secondary N) is 3. The normalized spacial score (nSPS) is 20.5. The van der Waals surface area contributed by atoms with Gasteiger partial charge in [-0.15, -0.1) is 0 Å². The van der Waals surface area contributed by atoms with Crippen LogP contribution in [0.3, 0.4) is 0 Å². The van der Waals surface area contributed by atoms with Crippen molar-refractivity contribution >= 4 is 40.1 Å². The first kappa shape index (κ1) is 34.5. The number of carbonyl (C=O) groups excluding carboxylic acids is 4. The molecule has 5 N–H and O–H groups in total. The second-order valence-corrected chi connectivity index (χ2v) is 13.4. The monoisotopic (exact) mass is 675 g/mol. The molecule has 1 unspecified atom stereocenters. The molecule has 4 aromatic rings. The van der Waals surface area contributed by atoms with Crippen molar-refractivity contribution in [3.63, 3.8) is 0 Å². The molecule has 0 aromatic heterocycles. The number of benzene rings is 4. The Morgan fingerprint density at radius 1 is 0.940 bits per heavy atom. The van der Waals surface area contributed by atoms with Crippen LogP contribution >= 0.6 is 0 Å². The number of nitrogen functional groups attached to an aromatic ring is 1. The summed E-state index contributed by atoms with van der Waals surface area (Å²) in [6, 6.07) is 24.1. The summed E-state index contributed by atoms with van der Waals surface area (Å²) < 4.78 is 6.12.